The van der Waals surface area contributed by atoms with Gasteiger partial charge in [0.15, 0.2) is 0 Å². The van der Waals surface area contributed by atoms with Crippen molar-refractivity contribution in [3.05, 3.63) is 52.3 Å². The van der Waals surface area contributed by atoms with Gasteiger partial charge in [-0.05, 0) is 24.3 Å². The lowest BCUT2D eigenvalue weighted by atomic mass is 10.1. The summed E-state index contributed by atoms with van der Waals surface area (Å²) in [5.41, 5.74) is 3.50. The molecular weight excluding hydrogens is 272 g/mol. The van der Waals surface area contributed by atoms with Crippen molar-refractivity contribution in [3.63, 3.8) is 0 Å². The molecule has 0 bridgehead atoms. The molecule has 2 aromatic rings. The van der Waals surface area contributed by atoms with E-state index in [-0.39, 0.29) is 5.69 Å². The topological polar surface area (TPSA) is 104 Å². The molecule has 106 valence electrons. The third-order valence-electron chi connectivity index (χ3n) is 2.62. The molecule has 1 aromatic carbocycles. The van der Waals surface area contributed by atoms with E-state index in [1.807, 2.05) is 6.07 Å². The summed E-state index contributed by atoms with van der Waals surface area (Å²) in [5.74, 6) is 1.15. The number of benzene rings is 1. The number of nitro groups is 1. The molecule has 0 saturated heterocycles. The van der Waals surface area contributed by atoms with Crippen LogP contribution in [0.2, 0.25) is 0 Å². The molecule has 0 radical (unpaired) electrons. The molecule has 0 aliphatic heterocycles. The van der Waals surface area contributed by atoms with Crippen LogP contribution in [0.3, 0.4) is 0 Å². The fraction of sp³-hybridized carbons (Fsp3) is 0.143. The first-order chi connectivity index (χ1) is 10.2. The molecule has 0 unspecified atom stereocenters. The molecular formula is C14H12N4O3. The fourth-order valence-electron chi connectivity index (χ4n) is 1.61. The van der Waals surface area contributed by atoms with E-state index in [9.17, 15) is 10.1 Å². The summed E-state index contributed by atoms with van der Waals surface area (Å²) in [6, 6.07) is 11.6. The zero-order valence-corrected chi connectivity index (χ0v) is 11.0. The maximum atomic E-state index is 10.6. The summed E-state index contributed by atoms with van der Waals surface area (Å²) in [6.45, 7) is 0.475. The second-order valence-corrected chi connectivity index (χ2v) is 4.08. The highest BCUT2D eigenvalue weighted by molar-refractivity contribution is 5.77. The van der Waals surface area contributed by atoms with Crippen LogP contribution >= 0.6 is 0 Å². The van der Waals surface area contributed by atoms with Gasteiger partial charge in [-0.1, -0.05) is 0 Å². The van der Waals surface area contributed by atoms with Gasteiger partial charge < -0.3 is 9.84 Å². The van der Waals surface area contributed by atoms with Crippen LogP contribution in [0, 0.1) is 21.4 Å². The third-order valence-corrected chi connectivity index (χ3v) is 2.62. The normalized spacial score (nSPS) is 10.4. The van der Waals surface area contributed by atoms with Gasteiger partial charge in [-0.2, -0.15) is 10.4 Å². The molecule has 0 saturated carbocycles. The molecule has 21 heavy (non-hydrogen) atoms. The monoisotopic (exact) mass is 284 g/mol. The Hall–Kier alpha value is -3.14. The smallest absolute Gasteiger partial charge is 0.269 e. The van der Waals surface area contributed by atoms with Crippen molar-refractivity contribution in [2.75, 3.05) is 6.54 Å². The number of nitriles is 1. The van der Waals surface area contributed by atoms with E-state index in [2.05, 4.69) is 10.5 Å². The quantitative estimate of drug-likeness (QED) is 0.380. The Morgan fingerprint density at radius 1 is 1.33 bits per heavy atom. The highest BCUT2D eigenvalue weighted by Crippen LogP contribution is 2.23. The van der Waals surface area contributed by atoms with Crippen LogP contribution in [0.25, 0.3) is 11.3 Å². The standard InChI is InChI=1S/C14H12N4O3/c15-8-1-9-16-17-10-13-6-7-14(21-13)11-2-4-12(5-3-11)18(19)20/h2-7,10,16H,1,9H2/b17-10-. The first kappa shape index (κ1) is 14.3. The molecule has 0 aliphatic rings. The Morgan fingerprint density at radius 2 is 2.10 bits per heavy atom. The molecule has 0 atom stereocenters. The van der Waals surface area contributed by atoms with E-state index in [0.717, 1.165) is 5.56 Å². The van der Waals surface area contributed by atoms with Crippen LogP contribution < -0.4 is 5.43 Å². The van der Waals surface area contributed by atoms with Crippen molar-refractivity contribution in [2.24, 2.45) is 5.10 Å². The largest absolute Gasteiger partial charge is 0.455 e. The molecule has 0 spiro atoms. The first-order valence-electron chi connectivity index (χ1n) is 6.18. The Morgan fingerprint density at radius 3 is 2.76 bits per heavy atom. The van der Waals surface area contributed by atoms with Gasteiger partial charge in [0, 0.05) is 24.2 Å². The average Bonchev–Trinajstić information content (AvgIpc) is 2.96. The number of furan rings is 1. The lowest BCUT2D eigenvalue weighted by molar-refractivity contribution is -0.384. The van der Waals surface area contributed by atoms with Gasteiger partial charge in [-0.3, -0.25) is 10.1 Å². The van der Waals surface area contributed by atoms with Gasteiger partial charge in [0.1, 0.15) is 11.5 Å². The molecule has 1 heterocycles. The Labute approximate surface area is 120 Å². The number of hydrogen-bond acceptors (Lipinski definition) is 6. The minimum Gasteiger partial charge on any atom is -0.455 e. The SMILES string of the molecule is N#CCCN/N=C\c1ccc(-c2ccc([N+](=O)[O-])cc2)o1. The molecule has 7 heteroatoms. The highest BCUT2D eigenvalue weighted by Gasteiger charge is 2.07. The van der Waals surface area contributed by atoms with Crippen molar-refractivity contribution in [3.8, 4) is 17.4 Å². The predicted octanol–water partition coefficient (Wildman–Crippen LogP) is 2.69. The minimum atomic E-state index is -0.448. The molecule has 1 aromatic heterocycles. The van der Waals surface area contributed by atoms with E-state index >= 15 is 0 Å². The maximum absolute atomic E-state index is 10.6. The van der Waals surface area contributed by atoms with Gasteiger partial charge in [0.25, 0.3) is 5.69 Å². The molecule has 0 fully saturated rings. The van der Waals surface area contributed by atoms with Gasteiger partial charge in [-0.25, -0.2) is 0 Å². The van der Waals surface area contributed by atoms with Crippen LogP contribution in [0.15, 0.2) is 45.9 Å². The van der Waals surface area contributed by atoms with Crippen LogP contribution in [-0.4, -0.2) is 17.7 Å². The number of hydrazone groups is 1. The van der Waals surface area contributed by atoms with Gasteiger partial charge in [-0.15, -0.1) is 0 Å². The molecule has 7 nitrogen and oxygen atoms in total. The van der Waals surface area contributed by atoms with Crippen LogP contribution in [0.5, 0.6) is 0 Å². The van der Waals surface area contributed by atoms with Crippen LogP contribution in [0.1, 0.15) is 12.2 Å². The Bertz CT molecular complexity index is 683. The summed E-state index contributed by atoms with van der Waals surface area (Å²) in [5, 5.41) is 22.9. The summed E-state index contributed by atoms with van der Waals surface area (Å²) in [7, 11) is 0. The zero-order valence-electron chi connectivity index (χ0n) is 11.0. The van der Waals surface area contributed by atoms with Crippen LogP contribution in [-0.2, 0) is 0 Å². The zero-order chi connectivity index (χ0) is 15.1. The number of non-ortho nitro benzene ring substituents is 1. The lowest BCUT2D eigenvalue weighted by Crippen LogP contribution is -2.06. The second-order valence-electron chi connectivity index (χ2n) is 4.08. The number of nitrogens with zero attached hydrogens (tertiary/aromatic N) is 3. The fourth-order valence-corrected chi connectivity index (χ4v) is 1.61. The van der Waals surface area contributed by atoms with Gasteiger partial charge in [0.2, 0.25) is 0 Å². The van der Waals surface area contributed by atoms with E-state index in [0.29, 0.717) is 24.5 Å². The summed E-state index contributed by atoms with van der Waals surface area (Å²) >= 11 is 0. The Balaban J connectivity index is 2.02. The number of hydrogen-bond donors (Lipinski definition) is 1. The van der Waals surface area contributed by atoms with Gasteiger partial charge in [0.05, 0.1) is 23.6 Å². The van der Waals surface area contributed by atoms with Crippen molar-refractivity contribution in [1.29, 1.82) is 5.26 Å². The molecule has 0 aliphatic carbocycles. The third kappa shape index (κ3) is 3.91. The molecule has 1 N–H and O–H groups in total. The number of nitro benzene ring substituents is 1. The molecule has 2 rings (SSSR count). The number of nitrogens with one attached hydrogen (secondary N) is 1. The summed E-state index contributed by atoms with van der Waals surface area (Å²) in [6.07, 6.45) is 1.88. The van der Waals surface area contributed by atoms with Crippen molar-refractivity contribution in [2.45, 2.75) is 6.42 Å². The second kappa shape index (κ2) is 6.86. The van der Waals surface area contributed by atoms with E-state index < -0.39 is 4.92 Å². The molecule has 0 amide bonds. The van der Waals surface area contributed by atoms with Gasteiger partial charge >= 0.3 is 0 Å². The van der Waals surface area contributed by atoms with Crippen LogP contribution in [0.4, 0.5) is 5.69 Å². The average molecular weight is 284 g/mol. The van der Waals surface area contributed by atoms with Crippen molar-refractivity contribution < 1.29 is 9.34 Å². The van der Waals surface area contributed by atoms with E-state index in [4.69, 9.17) is 9.68 Å². The summed E-state index contributed by atoms with van der Waals surface area (Å²) < 4.78 is 5.55. The van der Waals surface area contributed by atoms with E-state index in [1.54, 1.807) is 24.3 Å². The van der Waals surface area contributed by atoms with Crippen molar-refractivity contribution >= 4 is 11.9 Å². The minimum absolute atomic E-state index is 0.0359. The maximum Gasteiger partial charge on any atom is 0.269 e. The van der Waals surface area contributed by atoms with Crippen molar-refractivity contribution in [1.82, 2.24) is 5.43 Å². The first-order valence-corrected chi connectivity index (χ1v) is 6.18. The predicted molar refractivity (Wildman–Crippen MR) is 76.6 cm³/mol. The van der Waals surface area contributed by atoms with E-state index in [1.165, 1.54) is 18.3 Å². The number of rotatable bonds is 6. The highest BCUT2D eigenvalue weighted by atomic mass is 16.6. The lowest BCUT2D eigenvalue weighted by Gasteiger charge is -1.96. The Kier molecular flexibility index (Phi) is 4.66. The summed E-state index contributed by atoms with van der Waals surface area (Å²) in [4.78, 5) is 10.1.